The molecule has 0 spiro atoms. The fraction of sp³-hybridized carbons (Fsp3) is 0.316. The maximum atomic E-state index is 12.0. The Morgan fingerprint density at radius 3 is 2.96 bits per heavy atom. The first-order valence-corrected chi connectivity index (χ1v) is 9.60. The van der Waals surface area contributed by atoms with Gasteiger partial charge in [0.15, 0.2) is 5.82 Å². The van der Waals surface area contributed by atoms with Crippen LogP contribution in [0.15, 0.2) is 18.6 Å². The van der Waals surface area contributed by atoms with Crippen LogP contribution in [0.3, 0.4) is 0 Å². The lowest BCUT2D eigenvalue weighted by Crippen LogP contribution is -2.30. The van der Waals surface area contributed by atoms with Gasteiger partial charge in [0.1, 0.15) is 16.3 Å². The van der Waals surface area contributed by atoms with Gasteiger partial charge < -0.3 is 10.6 Å². The number of fused-ring (bicyclic) bond motifs is 3. The number of anilines is 1. The predicted molar refractivity (Wildman–Crippen MR) is 105 cm³/mol. The Morgan fingerprint density at radius 2 is 2.15 bits per heavy atom. The van der Waals surface area contributed by atoms with Gasteiger partial charge in [-0.1, -0.05) is 5.92 Å². The summed E-state index contributed by atoms with van der Waals surface area (Å²) in [5.74, 6) is 3.38. The van der Waals surface area contributed by atoms with Crippen LogP contribution in [0, 0.1) is 12.3 Å². The largest absolute Gasteiger partial charge is 0.360 e. The number of rotatable bonds is 5. The van der Waals surface area contributed by atoms with Crippen molar-refractivity contribution in [1.82, 2.24) is 25.3 Å². The van der Waals surface area contributed by atoms with Crippen molar-refractivity contribution in [1.29, 1.82) is 0 Å². The SMILES string of the molecule is C#CCNC(=O)CNc1nc(-c2cnccn2)nc2sc3c(c12)CCCC3. The Balaban J connectivity index is 1.75. The van der Waals surface area contributed by atoms with E-state index >= 15 is 0 Å². The molecule has 8 heteroatoms. The molecule has 0 bridgehead atoms. The van der Waals surface area contributed by atoms with Gasteiger partial charge in [0.25, 0.3) is 0 Å². The molecule has 0 saturated heterocycles. The Hall–Kier alpha value is -3.05. The Kier molecular flexibility index (Phi) is 4.94. The van der Waals surface area contributed by atoms with Crippen LogP contribution >= 0.6 is 11.3 Å². The van der Waals surface area contributed by atoms with Crippen LogP contribution < -0.4 is 10.6 Å². The van der Waals surface area contributed by atoms with Crippen molar-refractivity contribution in [3.8, 4) is 23.9 Å². The molecule has 0 saturated carbocycles. The molecule has 7 nitrogen and oxygen atoms in total. The van der Waals surface area contributed by atoms with Crippen LogP contribution in [0.25, 0.3) is 21.7 Å². The van der Waals surface area contributed by atoms with Crippen molar-refractivity contribution in [2.24, 2.45) is 0 Å². The smallest absolute Gasteiger partial charge is 0.240 e. The second-order valence-electron chi connectivity index (χ2n) is 6.21. The summed E-state index contributed by atoms with van der Waals surface area (Å²) in [6.07, 6.45) is 14.5. The van der Waals surface area contributed by atoms with Gasteiger partial charge in [0.2, 0.25) is 5.91 Å². The molecule has 2 N–H and O–H groups in total. The monoisotopic (exact) mass is 378 g/mol. The maximum absolute atomic E-state index is 12.0. The van der Waals surface area contributed by atoms with E-state index in [1.165, 1.54) is 16.9 Å². The number of hydrogen-bond donors (Lipinski definition) is 2. The minimum absolute atomic E-state index is 0.0956. The quantitative estimate of drug-likeness (QED) is 0.661. The summed E-state index contributed by atoms with van der Waals surface area (Å²) in [5.41, 5.74) is 1.91. The van der Waals surface area contributed by atoms with Crippen LogP contribution in [0.1, 0.15) is 23.3 Å². The summed E-state index contributed by atoms with van der Waals surface area (Å²) < 4.78 is 0. The van der Waals surface area contributed by atoms with Gasteiger partial charge in [0.05, 0.1) is 24.7 Å². The minimum Gasteiger partial charge on any atom is -0.360 e. The van der Waals surface area contributed by atoms with E-state index in [1.54, 1.807) is 29.9 Å². The van der Waals surface area contributed by atoms with Crippen molar-refractivity contribution >= 4 is 33.3 Å². The molecule has 27 heavy (non-hydrogen) atoms. The van der Waals surface area contributed by atoms with Gasteiger partial charge in [-0.3, -0.25) is 9.78 Å². The van der Waals surface area contributed by atoms with E-state index in [0.29, 0.717) is 17.3 Å². The van der Waals surface area contributed by atoms with Gasteiger partial charge in [-0.2, -0.15) is 0 Å². The van der Waals surface area contributed by atoms with Crippen molar-refractivity contribution in [2.45, 2.75) is 25.7 Å². The van der Waals surface area contributed by atoms with E-state index in [4.69, 9.17) is 11.4 Å². The zero-order valence-corrected chi connectivity index (χ0v) is 15.5. The van der Waals surface area contributed by atoms with Gasteiger partial charge in [0, 0.05) is 17.3 Å². The second kappa shape index (κ2) is 7.68. The minimum atomic E-state index is -0.176. The van der Waals surface area contributed by atoms with E-state index in [-0.39, 0.29) is 19.0 Å². The summed E-state index contributed by atoms with van der Waals surface area (Å²) in [6.45, 7) is 0.302. The van der Waals surface area contributed by atoms with E-state index in [2.05, 4.69) is 31.5 Å². The Bertz CT molecular complexity index is 1020. The second-order valence-corrected chi connectivity index (χ2v) is 7.30. The molecule has 0 fully saturated rings. The van der Waals surface area contributed by atoms with Gasteiger partial charge in [-0.05, 0) is 31.2 Å². The van der Waals surface area contributed by atoms with E-state index in [9.17, 15) is 4.79 Å². The molecule has 136 valence electrons. The molecule has 3 heterocycles. The zero-order valence-electron chi connectivity index (χ0n) is 14.7. The van der Waals surface area contributed by atoms with Crippen molar-refractivity contribution in [3.63, 3.8) is 0 Å². The topological polar surface area (TPSA) is 92.7 Å². The molecular weight excluding hydrogens is 360 g/mol. The number of aryl methyl sites for hydroxylation is 2. The normalized spacial score (nSPS) is 13.0. The first-order valence-electron chi connectivity index (χ1n) is 8.79. The first kappa shape index (κ1) is 17.4. The molecule has 0 radical (unpaired) electrons. The molecule has 0 aliphatic heterocycles. The van der Waals surface area contributed by atoms with Crippen molar-refractivity contribution < 1.29 is 4.79 Å². The zero-order chi connectivity index (χ0) is 18.6. The van der Waals surface area contributed by atoms with Crippen LogP contribution in [-0.4, -0.2) is 38.9 Å². The van der Waals surface area contributed by atoms with E-state index in [1.807, 2.05) is 0 Å². The molecule has 3 aromatic rings. The summed E-state index contributed by atoms with van der Waals surface area (Å²) in [7, 11) is 0. The van der Waals surface area contributed by atoms with E-state index < -0.39 is 0 Å². The highest BCUT2D eigenvalue weighted by Gasteiger charge is 2.22. The average Bonchev–Trinajstić information content (AvgIpc) is 3.09. The van der Waals surface area contributed by atoms with E-state index in [0.717, 1.165) is 29.5 Å². The van der Waals surface area contributed by atoms with Crippen LogP contribution in [0.5, 0.6) is 0 Å². The lowest BCUT2D eigenvalue weighted by molar-refractivity contribution is -0.119. The molecule has 0 unspecified atom stereocenters. The predicted octanol–water partition coefficient (Wildman–Crippen LogP) is 2.19. The van der Waals surface area contributed by atoms with Crippen molar-refractivity contribution in [2.75, 3.05) is 18.4 Å². The van der Waals surface area contributed by atoms with Gasteiger partial charge >= 0.3 is 0 Å². The van der Waals surface area contributed by atoms with Crippen LogP contribution in [-0.2, 0) is 17.6 Å². The number of nitrogens with one attached hydrogen (secondary N) is 2. The standard InChI is InChI=1S/C19H18N6OS/c1-2-7-22-15(26)11-23-18-16-12-5-3-4-6-14(12)27-19(16)25-17(24-18)13-10-20-8-9-21-13/h1,8-10H,3-7,11H2,(H,22,26)(H,23,24,25). The molecular formula is C19H18N6OS. The number of carbonyl (C=O) groups is 1. The van der Waals surface area contributed by atoms with Gasteiger partial charge in [-0.15, -0.1) is 17.8 Å². The molecule has 1 amide bonds. The highest BCUT2D eigenvalue weighted by atomic mass is 32.1. The molecule has 0 atom stereocenters. The number of carbonyl (C=O) groups excluding carboxylic acids is 1. The Labute approximate surface area is 160 Å². The number of aromatic nitrogens is 4. The van der Waals surface area contributed by atoms with Crippen LogP contribution in [0.2, 0.25) is 0 Å². The summed E-state index contributed by atoms with van der Waals surface area (Å²) in [4.78, 5) is 32.0. The Morgan fingerprint density at radius 1 is 1.26 bits per heavy atom. The molecule has 4 rings (SSSR count). The average molecular weight is 378 g/mol. The first-order chi connectivity index (χ1) is 13.3. The number of hydrogen-bond acceptors (Lipinski definition) is 7. The number of nitrogens with zero attached hydrogens (tertiary/aromatic N) is 4. The molecule has 3 aromatic heterocycles. The highest BCUT2D eigenvalue weighted by molar-refractivity contribution is 7.19. The lowest BCUT2D eigenvalue weighted by Gasteiger charge is -2.13. The third kappa shape index (κ3) is 3.59. The number of terminal acetylenes is 1. The van der Waals surface area contributed by atoms with Crippen molar-refractivity contribution in [3.05, 3.63) is 29.0 Å². The summed E-state index contributed by atoms with van der Waals surface area (Å²) >= 11 is 1.70. The summed E-state index contributed by atoms with van der Waals surface area (Å²) in [6, 6.07) is 0. The molecule has 1 aliphatic carbocycles. The number of amides is 1. The lowest BCUT2D eigenvalue weighted by atomic mass is 9.97. The maximum Gasteiger partial charge on any atom is 0.240 e. The van der Waals surface area contributed by atoms with Crippen LogP contribution in [0.4, 0.5) is 5.82 Å². The number of thiophene rings is 1. The molecule has 0 aromatic carbocycles. The highest BCUT2D eigenvalue weighted by Crippen LogP contribution is 2.39. The third-order valence-electron chi connectivity index (χ3n) is 4.41. The summed E-state index contributed by atoms with van der Waals surface area (Å²) in [5, 5.41) is 6.84. The third-order valence-corrected chi connectivity index (χ3v) is 5.60. The fourth-order valence-corrected chi connectivity index (χ4v) is 4.45. The van der Waals surface area contributed by atoms with Gasteiger partial charge in [-0.25, -0.2) is 15.0 Å². The fourth-order valence-electron chi connectivity index (χ4n) is 3.19. The molecule has 1 aliphatic rings.